The van der Waals surface area contributed by atoms with Crippen molar-refractivity contribution >= 4 is 18.5 Å². The second kappa shape index (κ2) is 19.0. The second-order valence-corrected chi connectivity index (χ2v) is 9.67. The van der Waals surface area contributed by atoms with Crippen molar-refractivity contribution in [1.29, 1.82) is 5.26 Å². The van der Waals surface area contributed by atoms with E-state index < -0.39 is 12.2 Å². The van der Waals surface area contributed by atoms with E-state index in [2.05, 4.69) is 31.0 Å². The molecule has 1 fully saturated rings. The predicted molar refractivity (Wildman–Crippen MR) is 155 cm³/mol. The number of nitrogens with one attached hydrogen (secondary N) is 2. The van der Waals surface area contributed by atoms with Crippen molar-refractivity contribution in [2.24, 2.45) is 4.99 Å². The van der Waals surface area contributed by atoms with Gasteiger partial charge in [-0.3, -0.25) is 10.3 Å². The summed E-state index contributed by atoms with van der Waals surface area (Å²) in [4.78, 5) is 36.9. The van der Waals surface area contributed by atoms with E-state index in [1.807, 2.05) is 47.9 Å². The summed E-state index contributed by atoms with van der Waals surface area (Å²) in [5.74, 6) is 0.811. The van der Waals surface area contributed by atoms with Crippen LogP contribution in [0.3, 0.4) is 0 Å². The Morgan fingerprint density at radius 3 is 2.27 bits per heavy atom. The minimum absolute atomic E-state index is 0.0790. The summed E-state index contributed by atoms with van der Waals surface area (Å²) in [6.45, 7) is 7.90. The van der Waals surface area contributed by atoms with E-state index in [0.717, 1.165) is 76.3 Å². The van der Waals surface area contributed by atoms with Crippen molar-refractivity contribution in [2.75, 3.05) is 52.4 Å². The van der Waals surface area contributed by atoms with Crippen LogP contribution in [0.5, 0.6) is 5.75 Å². The van der Waals surface area contributed by atoms with Crippen molar-refractivity contribution in [1.82, 2.24) is 20.6 Å². The number of rotatable bonds is 15. The lowest BCUT2D eigenvalue weighted by molar-refractivity contribution is 0.0626. The van der Waals surface area contributed by atoms with Crippen molar-refractivity contribution in [3.63, 3.8) is 0 Å². The largest absolute Gasteiger partial charge is 0.494 e. The third-order valence-electron chi connectivity index (χ3n) is 6.56. The number of amides is 2. The quantitative estimate of drug-likeness (QED) is 0.143. The Morgan fingerprint density at radius 2 is 1.56 bits per heavy atom. The third-order valence-corrected chi connectivity index (χ3v) is 6.56. The lowest BCUT2D eigenvalue weighted by atomic mass is 10.2. The van der Waals surface area contributed by atoms with E-state index in [1.165, 1.54) is 12.8 Å². The molecule has 2 N–H and O–H groups in total. The maximum absolute atomic E-state index is 11.6. The molecule has 1 aliphatic heterocycles. The van der Waals surface area contributed by atoms with Crippen molar-refractivity contribution in [2.45, 2.75) is 38.7 Å². The first-order valence-electron chi connectivity index (χ1n) is 14.1. The van der Waals surface area contributed by atoms with Gasteiger partial charge in [0, 0.05) is 39.3 Å². The SMILES string of the molecule is N#Cc1ccc(OCCCN2CCN(CCCCCCN=CNC(=O)ONC(=O)OCc3ccccc3)CC2)cc1. The molecule has 2 aromatic rings. The van der Waals surface area contributed by atoms with Gasteiger partial charge in [-0.05, 0) is 55.6 Å². The molecule has 0 radical (unpaired) electrons. The van der Waals surface area contributed by atoms with Crippen LogP contribution in [0.2, 0.25) is 0 Å². The molecule has 1 heterocycles. The Kier molecular flexibility index (Phi) is 14.6. The van der Waals surface area contributed by atoms with Gasteiger partial charge in [-0.25, -0.2) is 9.59 Å². The summed E-state index contributed by atoms with van der Waals surface area (Å²) in [7, 11) is 0. The average Bonchev–Trinajstić information content (AvgIpc) is 3.01. The van der Waals surface area contributed by atoms with Gasteiger partial charge in [-0.2, -0.15) is 5.26 Å². The van der Waals surface area contributed by atoms with Crippen LogP contribution in [0.4, 0.5) is 9.59 Å². The van der Waals surface area contributed by atoms with Gasteiger partial charge in [0.15, 0.2) is 0 Å². The highest BCUT2D eigenvalue weighted by Gasteiger charge is 2.16. The first-order chi connectivity index (χ1) is 20.1. The van der Waals surface area contributed by atoms with Crippen LogP contribution in [-0.4, -0.2) is 80.7 Å². The van der Waals surface area contributed by atoms with Crippen LogP contribution in [0, 0.1) is 11.3 Å². The van der Waals surface area contributed by atoms with E-state index in [0.29, 0.717) is 18.7 Å². The Labute approximate surface area is 242 Å². The van der Waals surface area contributed by atoms with E-state index in [1.54, 1.807) is 12.1 Å². The van der Waals surface area contributed by atoms with E-state index in [-0.39, 0.29) is 6.61 Å². The van der Waals surface area contributed by atoms with Gasteiger partial charge in [0.25, 0.3) is 0 Å². The molecule has 1 aliphatic rings. The molecular weight excluding hydrogens is 524 g/mol. The van der Waals surface area contributed by atoms with Crippen molar-refractivity contribution in [3.05, 3.63) is 65.7 Å². The number of nitriles is 1. The summed E-state index contributed by atoms with van der Waals surface area (Å²) in [5.41, 5.74) is 3.39. The van der Waals surface area contributed by atoms with Crippen LogP contribution in [0.25, 0.3) is 0 Å². The maximum Gasteiger partial charge on any atom is 0.441 e. The normalized spacial score (nSPS) is 13.8. The van der Waals surface area contributed by atoms with Crippen LogP contribution in [-0.2, 0) is 16.2 Å². The van der Waals surface area contributed by atoms with Gasteiger partial charge in [0.1, 0.15) is 12.4 Å². The Hall–Kier alpha value is -4.14. The molecule has 11 nitrogen and oxygen atoms in total. The summed E-state index contributed by atoms with van der Waals surface area (Å²) < 4.78 is 10.7. The summed E-state index contributed by atoms with van der Waals surface area (Å²) >= 11 is 0. The zero-order chi connectivity index (χ0) is 29.0. The summed E-state index contributed by atoms with van der Waals surface area (Å²) in [5, 5.41) is 11.2. The number of nitrogens with zero attached hydrogens (tertiary/aromatic N) is 4. The molecule has 0 bridgehead atoms. The molecule has 220 valence electrons. The summed E-state index contributed by atoms with van der Waals surface area (Å²) in [6, 6.07) is 18.5. The number of aliphatic imine (C=N–C) groups is 1. The smallest absolute Gasteiger partial charge is 0.441 e. The highest BCUT2D eigenvalue weighted by atomic mass is 16.7. The zero-order valence-electron chi connectivity index (χ0n) is 23.5. The fourth-order valence-corrected chi connectivity index (χ4v) is 4.27. The van der Waals surface area contributed by atoms with Crippen LogP contribution in [0.15, 0.2) is 59.6 Å². The van der Waals surface area contributed by atoms with E-state index >= 15 is 0 Å². The number of hydrogen-bond acceptors (Lipinski definition) is 9. The predicted octanol–water partition coefficient (Wildman–Crippen LogP) is 4.10. The minimum atomic E-state index is -0.856. The van der Waals surface area contributed by atoms with Crippen LogP contribution >= 0.6 is 0 Å². The van der Waals surface area contributed by atoms with Gasteiger partial charge in [-0.15, -0.1) is 5.48 Å². The lowest BCUT2D eigenvalue weighted by Crippen LogP contribution is -2.46. The first kappa shape index (κ1) is 31.4. The molecule has 0 atom stereocenters. The first-order valence-corrected chi connectivity index (χ1v) is 14.1. The summed E-state index contributed by atoms with van der Waals surface area (Å²) in [6.07, 6.45) is 4.89. The number of ether oxygens (including phenoxy) is 2. The highest BCUT2D eigenvalue weighted by Crippen LogP contribution is 2.12. The van der Waals surface area contributed by atoms with Gasteiger partial charge >= 0.3 is 12.2 Å². The molecule has 0 aliphatic carbocycles. The number of benzene rings is 2. The monoisotopic (exact) mass is 564 g/mol. The number of hydrogen-bond donors (Lipinski definition) is 2. The molecule has 0 aromatic heterocycles. The molecule has 11 heteroatoms. The van der Waals surface area contributed by atoms with Gasteiger partial charge in [-0.1, -0.05) is 43.2 Å². The standard InChI is InChI=1S/C30H40N6O5/c31-23-26-11-13-28(14-12-26)39-22-8-17-36-20-18-35(19-21-36)16-7-2-1-6-15-32-25-33-29(37)41-34-30(38)40-24-27-9-4-3-5-10-27/h3-5,9-14,25H,1-2,6-8,15-22,24H2,(H,34,38)(H,32,33,37). The number of hydroxylamine groups is 1. The fourth-order valence-electron chi connectivity index (χ4n) is 4.27. The molecule has 2 amide bonds. The zero-order valence-corrected chi connectivity index (χ0v) is 23.5. The molecule has 1 saturated heterocycles. The molecule has 41 heavy (non-hydrogen) atoms. The minimum Gasteiger partial charge on any atom is -0.494 e. The Bertz CT molecular complexity index is 1100. The number of carbonyl (C=O) groups excluding carboxylic acids is 2. The lowest BCUT2D eigenvalue weighted by Gasteiger charge is -2.34. The third kappa shape index (κ3) is 13.7. The van der Waals surface area contributed by atoms with Gasteiger partial charge < -0.3 is 24.1 Å². The molecule has 3 rings (SSSR count). The fraction of sp³-hybridized carbons (Fsp3) is 0.467. The molecular formula is C30H40N6O5. The van der Waals surface area contributed by atoms with Crippen molar-refractivity contribution < 1.29 is 23.9 Å². The van der Waals surface area contributed by atoms with E-state index in [9.17, 15) is 9.59 Å². The molecule has 0 saturated carbocycles. The molecule has 2 aromatic carbocycles. The number of carbonyl (C=O) groups is 2. The topological polar surface area (TPSA) is 129 Å². The van der Waals surface area contributed by atoms with Gasteiger partial charge in [0.2, 0.25) is 0 Å². The number of unbranched alkanes of at least 4 members (excludes halogenated alkanes) is 3. The maximum atomic E-state index is 11.6. The van der Waals surface area contributed by atoms with Crippen molar-refractivity contribution in [3.8, 4) is 11.8 Å². The Morgan fingerprint density at radius 1 is 0.878 bits per heavy atom. The van der Waals surface area contributed by atoms with Crippen LogP contribution < -0.4 is 15.5 Å². The highest BCUT2D eigenvalue weighted by molar-refractivity contribution is 5.82. The average molecular weight is 565 g/mol. The second-order valence-electron chi connectivity index (χ2n) is 9.67. The Balaban J connectivity index is 1.09. The van der Waals surface area contributed by atoms with Crippen LogP contribution in [0.1, 0.15) is 43.2 Å². The van der Waals surface area contributed by atoms with Gasteiger partial charge in [0.05, 0.1) is 24.6 Å². The number of piperazine rings is 1. The molecule has 0 spiro atoms. The van der Waals surface area contributed by atoms with E-state index in [4.69, 9.17) is 14.7 Å². The molecule has 0 unspecified atom stereocenters.